The summed E-state index contributed by atoms with van der Waals surface area (Å²) in [4.78, 5) is 12.5. The van der Waals surface area contributed by atoms with Crippen molar-refractivity contribution < 1.29 is 14.3 Å². The van der Waals surface area contributed by atoms with Gasteiger partial charge in [-0.1, -0.05) is 0 Å². The first kappa shape index (κ1) is 17.8. The molecule has 5 nitrogen and oxygen atoms in total. The Balaban J connectivity index is 2.09. The molecular formula is C19H22N2O3. The molecule has 24 heavy (non-hydrogen) atoms. The summed E-state index contributed by atoms with van der Waals surface area (Å²) in [7, 11) is 1.67. The van der Waals surface area contributed by atoms with Crippen LogP contribution in [-0.4, -0.2) is 30.7 Å². The fourth-order valence-electron chi connectivity index (χ4n) is 2.91. The number of nitriles is 1. The number of aromatic nitrogens is 1. The van der Waals surface area contributed by atoms with E-state index in [0.717, 1.165) is 11.4 Å². The Bertz CT molecular complexity index is 754. The number of hydrogen-bond donors (Lipinski definition) is 0. The van der Waals surface area contributed by atoms with E-state index >= 15 is 0 Å². The molecule has 0 saturated carbocycles. The molecule has 0 fully saturated rings. The van der Waals surface area contributed by atoms with Crippen molar-refractivity contribution >= 4 is 5.78 Å². The van der Waals surface area contributed by atoms with Crippen LogP contribution in [0.1, 0.15) is 40.3 Å². The van der Waals surface area contributed by atoms with Gasteiger partial charge in [-0.2, -0.15) is 5.26 Å². The van der Waals surface area contributed by atoms with E-state index in [9.17, 15) is 4.79 Å². The molecule has 2 aromatic rings. The zero-order valence-electron chi connectivity index (χ0n) is 14.5. The topological polar surface area (TPSA) is 64.2 Å². The van der Waals surface area contributed by atoms with E-state index < -0.39 is 0 Å². The Morgan fingerprint density at radius 3 is 2.54 bits per heavy atom. The van der Waals surface area contributed by atoms with Gasteiger partial charge in [-0.25, -0.2) is 0 Å². The van der Waals surface area contributed by atoms with E-state index in [2.05, 4.69) is 11.5 Å². The number of benzene rings is 1. The van der Waals surface area contributed by atoms with Crippen molar-refractivity contribution in [2.45, 2.75) is 26.8 Å². The molecule has 0 aliphatic rings. The average Bonchev–Trinajstić information content (AvgIpc) is 2.88. The van der Waals surface area contributed by atoms with Gasteiger partial charge in [0.2, 0.25) is 5.78 Å². The van der Waals surface area contributed by atoms with Crippen LogP contribution in [0.5, 0.6) is 5.75 Å². The average molecular weight is 326 g/mol. The number of Topliss-reactive ketones (excluding diaryl/α,β-unsaturated/α-hetero) is 1. The summed E-state index contributed by atoms with van der Waals surface area (Å²) >= 11 is 0. The minimum Gasteiger partial charge on any atom is -0.485 e. The van der Waals surface area contributed by atoms with Gasteiger partial charge in [0.15, 0.2) is 6.61 Å². The van der Waals surface area contributed by atoms with Gasteiger partial charge >= 0.3 is 0 Å². The third kappa shape index (κ3) is 3.84. The normalized spacial score (nSPS) is 11.8. The summed E-state index contributed by atoms with van der Waals surface area (Å²) in [6.45, 7) is 6.54. The van der Waals surface area contributed by atoms with E-state index in [1.165, 1.54) is 0 Å². The molecule has 0 radical (unpaired) electrons. The minimum atomic E-state index is -0.0664. The predicted molar refractivity (Wildman–Crippen MR) is 91.5 cm³/mol. The molecule has 0 amide bonds. The molecule has 0 N–H and O–H groups in total. The second-order valence-electron chi connectivity index (χ2n) is 5.81. The highest BCUT2D eigenvalue weighted by molar-refractivity contribution is 5.98. The Kier molecular flexibility index (Phi) is 5.78. The van der Waals surface area contributed by atoms with Crippen LogP contribution in [0, 0.1) is 25.2 Å². The van der Waals surface area contributed by atoms with Gasteiger partial charge in [-0.15, -0.1) is 0 Å². The summed E-state index contributed by atoms with van der Waals surface area (Å²) in [5.41, 5.74) is 3.18. The number of ether oxygens (including phenoxy) is 2. The zero-order chi connectivity index (χ0) is 17.7. The van der Waals surface area contributed by atoms with E-state index in [-0.39, 0.29) is 18.4 Å². The fraction of sp³-hybridized carbons (Fsp3) is 0.368. The largest absolute Gasteiger partial charge is 0.485 e. The monoisotopic (exact) mass is 326 g/mol. The van der Waals surface area contributed by atoms with E-state index in [1.807, 2.05) is 26.0 Å². The zero-order valence-corrected chi connectivity index (χ0v) is 14.5. The highest BCUT2D eigenvalue weighted by Crippen LogP contribution is 2.21. The number of methoxy groups -OCH3 is 1. The summed E-state index contributed by atoms with van der Waals surface area (Å²) in [6, 6.07) is 10.8. The number of nitrogens with zero attached hydrogens (tertiary/aromatic N) is 2. The van der Waals surface area contributed by atoms with Gasteiger partial charge in [0.1, 0.15) is 5.75 Å². The Hall–Kier alpha value is -2.58. The van der Waals surface area contributed by atoms with Crippen LogP contribution in [-0.2, 0) is 4.74 Å². The maximum absolute atomic E-state index is 12.5. The van der Waals surface area contributed by atoms with Crippen LogP contribution < -0.4 is 4.74 Å². The second-order valence-corrected chi connectivity index (χ2v) is 5.81. The molecular weight excluding hydrogens is 304 g/mol. The SMILES string of the molecule is COCC(C)n1c(C)cc(C(=O)COc2ccc(C#N)cc2)c1C. The fourth-order valence-corrected chi connectivity index (χ4v) is 2.91. The molecule has 2 rings (SSSR count). The van der Waals surface area contributed by atoms with Crippen LogP contribution >= 0.6 is 0 Å². The number of carbonyl (C=O) groups excluding carboxylic acids is 1. The van der Waals surface area contributed by atoms with Gasteiger partial charge in [0.25, 0.3) is 0 Å². The lowest BCUT2D eigenvalue weighted by molar-refractivity contribution is 0.0920. The lowest BCUT2D eigenvalue weighted by atomic mass is 10.1. The summed E-state index contributed by atoms with van der Waals surface area (Å²) in [6.07, 6.45) is 0. The van der Waals surface area contributed by atoms with Gasteiger partial charge in [-0.3, -0.25) is 4.79 Å². The molecule has 1 aromatic heterocycles. The smallest absolute Gasteiger partial charge is 0.202 e. The lowest BCUT2D eigenvalue weighted by Gasteiger charge is -2.17. The number of carbonyl (C=O) groups is 1. The molecule has 1 heterocycles. The van der Waals surface area contributed by atoms with Gasteiger partial charge in [-0.05, 0) is 51.1 Å². The van der Waals surface area contributed by atoms with Crippen molar-refractivity contribution in [2.75, 3.05) is 20.3 Å². The molecule has 5 heteroatoms. The van der Waals surface area contributed by atoms with Crippen LogP contribution in [0.25, 0.3) is 0 Å². The van der Waals surface area contributed by atoms with Crippen molar-refractivity contribution in [3.05, 3.63) is 52.8 Å². The first-order valence-corrected chi connectivity index (χ1v) is 7.81. The molecule has 0 aliphatic heterocycles. The number of rotatable bonds is 7. The van der Waals surface area contributed by atoms with Crippen molar-refractivity contribution in [1.29, 1.82) is 5.26 Å². The van der Waals surface area contributed by atoms with Crippen LogP contribution in [0.2, 0.25) is 0 Å². The molecule has 0 aliphatic carbocycles. The molecule has 0 bridgehead atoms. The molecule has 0 saturated heterocycles. The maximum atomic E-state index is 12.5. The summed E-state index contributed by atoms with van der Waals surface area (Å²) in [5, 5.41) is 8.78. The Labute approximate surface area is 142 Å². The van der Waals surface area contributed by atoms with Crippen molar-refractivity contribution in [1.82, 2.24) is 4.57 Å². The lowest BCUT2D eigenvalue weighted by Crippen LogP contribution is -2.16. The van der Waals surface area contributed by atoms with Crippen LogP contribution in [0.15, 0.2) is 30.3 Å². The van der Waals surface area contributed by atoms with Crippen LogP contribution in [0.3, 0.4) is 0 Å². The molecule has 126 valence electrons. The summed E-state index contributed by atoms with van der Waals surface area (Å²) in [5.74, 6) is 0.507. The number of hydrogen-bond acceptors (Lipinski definition) is 4. The van der Waals surface area contributed by atoms with Gasteiger partial charge in [0.05, 0.1) is 24.3 Å². The van der Waals surface area contributed by atoms with Crippen molar-refractivity contribution in [3.8, 4) is 11.8 Å². The van der Waals surface area contributed by atoms with Crippen molar-refractivity contribution in [2.24, 2.45) is 0 Å². The molecule has 1 atom stereocenters. The first-order chi connectivity index (χ1) is 11.5. The number of ketones is 1. The van der Waals surface area contributed by atoms with Gasteiger partial charge in [0, 0.05) is 24.1 Å². The predicted octanol–water partition coefficient (Wildman–Crippen LogP) is 3.45. The number of aryl methyl sites for hydroxylation is 1. The highest BCUT2D eigenvalue weighted by Gasteiger charge is 2.19. The molecule has 1 aromatic carbocycles. The Morgan fingerprint density at radius 1 is 1.29 bits per heavy atom. The second kappa shape index (κ2) is 7.80. The minimum absolute atomic E-state index is 0.0329. The van der Waals surface area contributed by atoms with E-state index in [1.54, 1.807) is 31.4 Å². The van der Waals surface area contributed by atoms with E-state index in [0.29, 0.717) is 23.5 Å². The van der Waals surface area contributed by atoms with E-state index in [4.69, 9.17) is 14.7 Å². The standard InChI is InChI=1S/C19H22N2O3/c1-13-9-18(15(3)21(13)14(2)11-23-4)19(22)12-24-17-7-5-16(10-20)6-8-17/h5-9,14H,11-12H2,1-4H3. The van der Waals surface area contributed by atoms with Crippen molar-refractivity contribution in [3.63, 3.8) is 0 Å². The third-order valence-corrected chi connectivity index (χ3v) is 3.99. The maximum Gasteiger partial charge on any atom is 0.202 e. The quantitative estimate of drug-likeness (QED) is 0.731. The van der Waals surface area contributed by atoms with Crippen LogP contribution in [0.4, 0.5) is 0 Å². The first-order valence-electron chi connectivity index (χ1n) is 7.81. The summed E-state index contributed by atoms with van der Waals surface area (Å²) < 4.78 is 12.9. The highest BCUT2D eigenvalue weighted by atomic mass is 16.5. The molecule has 1 unspecified atom stereocenters. The molecule has 0 spiro atoms. The third-order valence-electron chi connectivity index (χ3n) is 3.99. The van der Waals surface area contributed by atoms with Gasteiger partial charge < -0.3 is 14.0 Å². The Morgan fingerprint density at radius 2 is 1.96 bits per heavy atom.